The van der Waals surface area contributed by atoms with Crippen LogP contribution < -0.4 is 19.7 Å². The summed E-state index contributed by atoms with van der Waals surface area (Å²) in [5, 5.41) is 2.92. The fraction of sp³-hybridized carbons (Fsp3) is 0.450. The van der Waals surface area contributed by atoms with Crippen molar-refractivity contribution < 1.29 is 14.3 Å². The molecule has 0 aliphatic carbocycles. The number of carbonyl (C=O) groups is 1. The van der Waals surface area contributed by atoms with E-state index in [0.717, 1.165) is 37.6 Å². The molecule has 0 spiro atoms. The van der Waals surface area contributed by atoms with Crippen molar-refractivity contribution in [3.05, 3.63) is 35.7 Å². The molecule has 1 N–H and O–H groups in total. The molecule has 0 saturated carbocycles. The van der Waals surface area contributed by atoms with Crippen LogP contribution in [0.3, 0.4) is 0 Å². The van der Waals surface area contributed by atoms with E-state index in [1.807, 2.05) is 32.0 Å². The van der Waals surface area contributed by atoms with Crippen molar-refractivity contribution in [1.29, 1.82) is 0 Å². The Bertz CT molecular complexity index is 857. The van der Waals surface area contributed by atoms with E-state index in [4.69, 9.17) is 9.47 Å². The number of aryl methyl sites for hydroxylation is 2. The zero-order chi connectivity index (χ0) is 19.7. The average Bonchev–Trinajstić information content (AvgIpc) is 2.70. The first-order chi connectivity index (χ1) is 13.5. The standard InChI is InChI=1S/C20H25N5O3/c1-13-18(14(2)22-20(21-13)25-10-8-24(3)9-11-25)23-19(26)17-12-27-15-6-4-5-7-16(15)28-17/h4-7,17H,8-12H2,1-3H3,(H,23,26). The SMILES string of the molecule is Cc1nc(N2CCN(C)CC2)nc(C)c1NC(=O)C1COc2ccccc2O1. The number of para-hydroxylation sites is 2. The second-order valence-electron chi connectivity index (χ2n) is 7.21. The van der Waals surface area contributed by atoms with Gasteiger partial charge >= 0.3 is 0 Å². The van der Waals surface area contributed by atoms with Crippen LogP contribution in [0.4, 0.5) is 11.6 Å². The van der Waals surface area contributed by atoms with Crippen molar-refractivity contribution in [2.24, 2.45) is 0 Å². The Hall–Kier alpha value is -2.87. The summed E-state index contributed by atoms with van der Waals surface area (Å²) >= 11 is 0. The van der Waals surface area contributed by atoms with Crippen LogP contribution in [-0.4, -0.2) is 66.7 Å². The first kappa shape index (κ1) is 18.5. The summed E-state index contributed by atoms with van der Waals surface area (Å²) in [7, 11) is 2.11. The van der Waals surface area contributed by atoms with Crippen molar-refractivity contribution in [2.45, 2.75) is 20.0 Å². The van der Waals surface area contributed by atoms with Crippen LogP contribution in [0.5, 0.6) is 11.5 Å². The van der Waals surface area contributed by atoms with Gasteiger partial charge in [0, 0.05) is 26.2 Å². The number of nitrogens with zero attached hydrogens (tertiary/aromatic N) is 4. The third kappa shape index (κ3) is 3.73. The van der Waals surface area contributed by atoms with Crippen LogP contribution in [0.15, 0.2) is 24.3 Å². The maximum absolute atomic E-state index is 12.7. The van der Waals surface area contributed by atoms with E-state index in [1.165, 1.54) is 0 Å². The van der Waals surface area contributed by atoms with Gasteiger partial charge in [-0.2, -0.15) is 0 Å². The van der Waals surface area contributed by atoms with Crippen LogP contribution in [0.25, 0.3) is 0 Å². The van der Waals surface area contributed by atoms with Gasteiger partial charge in [0.15, 0.2) is 11.5 Å². The maximum Gasteiger partial charge on any atom is 0.269 e. The molecule has 2 aliphatic heterocycles. The van der Waals surface area contributed by atoms with Gasteiger partial charge in [0.05, 0.1) is 17.1 Å². The largest absolute Gasteiger partial charge is 0.485 e. The predicted molar refractivity (Wildman–Crippen MR) is 106 cm³/mol. The molecule has 2 aliphatic rings. The van der Waals surface area contributed by atoms with Gasteiger partial charge in [-0.25, -0.2) is 9.97 Å². The molecule has 0 radical (unpaired) electrons. The minimum atomic E-state index is -0.717. The van der Waals surface area contributed by atoms with Gasteiger partial charge < -0.3 is 24.6 Å². The van der Waals surface area contributed by atoms with E-state index in [9.17, 15) is 4.79 Å². The highest BCUT2D eigenvalue weighted by atomic mass is 16.6. The molecule has 28 heavy (non-hydrogen) atoms. The number of benzene rings is 1. The molecule has 148 valence electrons. The molecule has 1 fully saturated rings. The number of rotatable bonds is 3. The number of carbonyl (C=O) groups excluding carboxylic acids is 1. The first-order valence-electron chi connectivity index (χ1n) is 9.49. The Morgan fingerprint density at radius 1 is 1.07 bits per heavy atom. The number of likely N-dealkylation sites (N-methyl/N-ethyl adjacent to an activating group) is 1. The topological polar surface area (TPSA) is 79.8 Å². The number of fused-ring (bicyclic) bond motifs is 1. The summed E-state index contributed by atoms with van der Waals surface area (Å²) in [6.45, 7) is 7.71. The van der Waals surface area contributed by atoms with Gasteiger partial charge in [0.25, 0.3) is 5.91 Å². The van der Waals surface area contributed by atoms with Crippen molar-refractivity contribution in [3.63, 3.8) is 0 Å². The molecular formula is C20H25N5O3. The number of anilines is 2. The predicted octanol–water partition coefficient (Wildman–Crippen LogP) is 1.62. The number of hydrogen-bond donors (Lipinski definition) is 1. The van der Waals surface area contributed by atoms with Gasteiger partial charge in [0.2, 0.25) is 12.1 Å². The molecule has 1 aromatic heterocycles. The normalized spacial score (nSPS) is 19.4. The Morgan fingerprint density at radius 2 is 1.71 bits per heavy atom. The molecule has 1 saturated heterocycles. The molecule has 1 unspecified atom stereocenters. The molecule has 1 amide bonds. The van der Waals surface area contributed by atoms with Gasteiger partial charge in [0.1, 0.15) is 6.61 Å². The minimum Gasteiger partial charge on any atom is -0.485 e. The zero-order valence-electron chi connectivity index (χ0n) is 16.4. The molecule has 8 nitrogen and oxygen atoms in total. The van der Waals surface area contributed by atoms with Crippen LogP contribution in [-0.2, 0) is 4.79 Å². The number of nitrogens with one attached hydrogen (secondary N) is 1. The third-order valence-electron chi connectivity index (χ3n) is 5.09. The molecular weight excluding hydrogens is 358 g/mol. The Balaban J connectivity index is 1.47. The lowest BCUT2D eigenvalue weighted by molar-refractivity contribution is -0.125. The summed E-state index contributed by atoms with van der Waals surface area (Å²) < 4.78 is 11.4. The smallest absolute Gasteiger partial charge is 0.269 e. The molecule has 1 aromatic carbocycles. The van der Waals surface area contributed by atoms with Crippen molar-refractivity contribution >= 4 is 17.5 Å². The fourth-order valence-corrected chi connectivity index (χ4v) is 3.38. The Morgan fingerprint density at radius 3 is 2.39 bits per heavy atom. The van der Waals surface area contributed by atoms with Crippen LogP contribution in [0.2, 0.25) is 0 Å². The average molecular weight is 383 g/mol. The molecule has 8 heteroatoms. The Labute approximate surface area is 164 Å². The Kier molecular flexibility index (Phi) is 5.04. The third-order valence-corrected chi connectivity index (χ3v) is 5.09. The van der Waals surface area contributed by atoms with E-state index in [2.05, 4.69) is 32.1 Å². The fourth-order valence-electron chi connectivity index (χ4n) is 3.38. The van der Waals surface area contributed by atoms with E-state index in [1.54, 1.807) is 6.07 Å². The van der Waals surface area contributed by atoms with Crippen LogP contribution >= 0.6 is 0 Å². The quantitative estimate of drug-likeness (QED) is 0.863. The number of aromatic nitrogens is 2. The van der Waals surface area contributed by atoms with Crippen molar-refractivity contribution in [1.82, 2.24) is 14.9 Å². The molecule has 0 bridgehead atoms. The van der Waals surface area contributed by atoms with E-state index >= 15 is 0 Å². The summed E-state index contributed by atoms with van der Waals surface area (Å²) in [5.74, 6) is 1.67. The van der Waals surface area contributed by atoms with Crippen LogP contribution in [0.1, 0.15) is 11.4 Å². The monoisotopic (exact) mass is 383 g/mol. The molecule has 4 rings (SSSR count). The minimum absolute atomic E-state index is 0.168. The van der Waals surface area contributed by atoms with Crippen LogP contribution in [0, 0.1) is 13.8 Å². The molecule has 3 heterocycles. The van der Waals surface area contributed by atoms with Gasteiger partial charge in [-0.3, -0.25) is 4.79 Å². The lowest BCUT2D eigenvalue weighted by atomic mass is 10.2. The second kappa shape index (κ2) is 7.63. The lowest BCUT2D eigenvalue weighted by Gasteiger charge is -2.32. The number of hydrogen-bond acceptors (Lipinski definition) is 7. The van der Waals surface area contributed by atoms with E-state index < -0.39 is 6.10 Å². The number of ether oxygens (including phenoxy) is 2. The van der Waals surface area contributed by atoms with E-state index in [-0.39, 0.29) is 12.5 Å². The maximum atomic E-state index is 12.7. The summed E-state index contributed by atoms with van der Waals surface area (Å²) in [4.78, 5) is 26.4. The molecule has 2 aromatic rings. The number of amides is 1. The summed E-state index contributed by atoms with van der Waals surface area (Å²) in [6, 6.07) is 7.33. The summed E-state index contributed by atoms with van der Waals surface area (Å²) in [6.07, 6.45) is -0.717. The second-order valence-corrected chi connectivity index (χ2v) is 7.21. The lowest BCUT2D eigenvalue weighted by Crippen LogP contribution is -2.45. The van der Waals surface area contributed by atoms with E-state index in [0.29, 0.717) is 23.1 Å². The summed E-state index contributed by atoms with van der Waals surface area (Å²) in [5.41, 5.74) is 2.11. The highest BCUT2D eigenvalue weighted by molar-refractivity contribution is 5.95. The van der Waals surface area contributed by atoms with Gasteiger partial charge in [-0.05, 0) is 33.0 Å². The van der Waals surface area contributed by atoms with Crippen molar-refractivity contribution in [3.8, 4) is 11.5 Å². The number of piperazine rings is 1. The highest BCUT2D eigenvalue weighted by Crippen LogP contribution is 2.31. The zero-order valence-corrected chi connectivity index (χ0v) is 16.4. The van der Waals surface area contributed by atoms with Gasteiger partial charge in [-0.15, -0.1) is 0 Å². The molecule has 1 atom stereocenters. The highest BCUT2D eigenvalue weighted by Gasteiger charge is 2.28. The van der Waals surface area contributed by atoms with Gasteiger partial charge in [-0.1, -0.05) is 12.1 Å². The first-order valence-corrected chi connectivity index (χ1v) is 9.49. The van der Waals surface area contributed by atoms with Crippen molar-refractivity contribution in [2.75, 3.05) is 50.1 Å².